The van der Waals surface area contributed by atoms with Crippen LogP contribution in [0.4, 0.5) is 0 Å². The van der Waals surface area contributed by atoms with Crippen LogP contribution < -0.4 is 0 Å². The van der Waals surface area contributed by atoms with E-state index in [0.717, 1.165) is 0 Å². The molecular formula is C53H36. The average molecular weight is 673 g/mol. The Morgan fingerprint density at radius 1 is 0.302 bits per heavy atom. The Morgan fingerprint density at radius 3 is 1.43 bits per heavy atom. The summed E-state index contributed by atoms with van der Waals surface area (Å²) in [6.07, 6.45) is 0. The molecule has 0 amide bonds. The second-order valence-corrected chi connectivity index (χ2v) is 15.1. The SMILES string of the molecule is CC1(C)c2cccc(-c3c4ccccc4c(-c4cccc(-c5cccc6ccccc56)c4)c4ccccc34)c2-c2c1c1ccccc1c1ccccc21. The highest BCUT2D eigenvalue weighted by molar-refractivity contribution is 6.25. The molecule has 11 rings (SSSR count). The number of hydrogen-bond acceptors (Lipinski definition) is 0. The molecule has 0 spiro atoms. The van der Waals surface area contributed by atoms with Gasteiger partial charge >= 0.3 is 0 Å². The minimum Gasteiger partial charge on any atom is -0.0616 e. The van der Waals surface area contributed by atoms with Gasteiger partial charge in [-0.2, -0.15) is 0 Å². The minimum absolute atomic E-state index is 0.169. The number of benzene rings is 10. The maximum Gasteiger partial charge on any atom is 0.0165 e. The standard InChI is InChI=1S/C53H36/c1-53(2)47-31-15-30-46(50(47)51-40-23-7-5-21-38(40)39-22-6-12-28-45(39)52(51)53)49-43-26-10-8-24-41(43)48(42-25-9-11-27-44(42)49)35-19-13-18-34(32-35)37-29-14-17-33-16-3-4-20-36(33)37/h3-32H,1-2H3. The van der Waals surface area contributed by atoms with Gasteiger partial charge in [-0.3, -0.25) is 0 Å². The van der Waals surface area contributed by atoms with E-state index in [4.69, 9.17) is 0 Å². The summed E-state index contributed by atoms with van der Waals surface area (Å²) >= 11 is 0. The van der Waals surface area contributed by atoms with Crippen molar-refractivity contribution in [3.63, 3.8) is 0 Å². The highest BCUT2D eigenvalue weighted by atomic mass is 14.4. The first-order valence-corrected chi connectivity index (χ1v) is 18.7. The molecule has 0 heterocycles. The van der Waals surface area contributed by atoms with E-state index in [1.807, 2.05) is 0 Å². The van der Waals surface area contributed by atoms with Gasteiger partial charge in [0.25, 0.3) is 0 Å². The molecule has 1 aliphatic carbocycles. The lowest BCUT2D eigenvalue weighted by Gasteiger charge is -2.24. The summed E-state index contributed by atoms with van der Waals surface area (Å²) in [4.78, 5) is 0. The number of rotatable bonds is 3. The zero-order valence-electron chi connectivity index (χ0n) is 29.8. The highest BCUT2D eigenvalue weighted by Crippen LogP contribution is 2.58. The lowest BCUT2D eigenvalue weighted by atomic mass is 9.79. The van der Waals surface area contributed by atoms with Crippen molar-refractivity contribution in [1.82, 2.24) is 0 Å². The molecule has 0 nitrogen and oxygen atoms in total. The fraction of sp³-hybridized carbons (Fsp3) is 0.0566. The van der Waals surface area contributed by atoms with Crippen molar-refractivity contribution >= 4 is 53.9 Å². The van der Waals surface area contributed by atoms with Crippen LogP contribution in [0.1, 0.15) is 25.0 Å². The van der Waals surface area contributed by atoms with Crippen LogP contribution in [0.3, 0.4) is 0 Å². The van der Waals surface area contributed by atoms with E-state index in [2.05, 4.69) is 196 Å². The Kier molecular flexibility index (Phi) is 6.40. The van der Waals surface area contributed by atoms with E-state index in [0.29, 0.717) is 0 Å². The van der Waals surface area contributed by atoms with E-state index < -0.39 is 0 Å². The molecule has 0 atom stereocenters. The number of fused-ring (bicyclic) bond motifs is 11. The van der Waals surface area contributed by atoms with Gasteiger partial charge in [-0.25, -0.2) is 0 Å². The molecule has 0 aliphatic heterocycles. The Morgan fingerprint density at radius 2 is 0.755 bits per heavy atom. The van der Waals surface area contributed by atoms with Crippen molar-refractivity contribution in [2.75, 3.05) is 0 Å². The van der Waals surface area contributed by atoms with Crippen molar-refractivity contribution in [2.24, 2.45) is 0 Å². The van der Waals surface area contributed by atoms with Crippen molar-refractivity contribution in [2.45, 2.75) is 19.3 Å². The molecule has 0 bridgehead atoms. The van der Waals surface area contributed by atoms with Gasteiger partial charge in [-0.05, 0) is 116 Å². The van der Waals surface area contributed by atoms with Gasteiger partial charge in [0.1, 0.15) is 0 Å². The maximum absolute atomic E-state index is 2.42. The van der Waals surface area contributed by atoms with Gasteiger partial charge < -0.3 is 0 Å². The summed E-state index contributed by atoms with van der Waals surface area (Å²) < 4.78 is 0. The van der Waals surface area contributed by atoms with Gasteiger partial charge in [-0.15, -0.1) is 0 Å². The summed E-state index contributed by atoms with van der Waals surface area (Å²) in [5.74, 6) is 0. The molecule has 1 aliphatic rings. The predicted molar refractivity (Wildman–Crippen MR) is 228 cm³/mol. The van der Waals surface area contributed by atoms with Crippen LogP contribution in [-0.2, 0) is 5.41 Å². The average Bonchev–Trinajstić information content (AvgIpc) is 3.46. The van der Waals surface area contributed by atoms with Crippen LogP contribution >= 0.6 is 0 Å². The summed E-state index contributed by atoms with van der Waals surface area (Å²) in [6.45, 7) is 4.84. The highest BCUT2D eigenvalue weighted by Gasteiger charge is 2.40. The van der Waals surface area contributed by atoms with E-state index >= 15 is 0 Å². The third-order valence-electron chi connectivity index (χ3n) is 12.0. The van der Waals surface area contributed by atoms with E-state index in [1.165, 1.54) is 109 Å². The van der Waals surface area contributed by atoms with Crippen LogP contribution in [0, 0.1) is 0 Å². The zero-order chi connectivity index (χ0) is 35.3. The molecule has 0 saturated heterocycles. The molecule has 0 fully saturated rings. The molecule has 10 aromatic rings. The topological polar surface area (TPSA) is 0 Å². The Bertz CT molecular complexity index is 3080. The van der Waals surface area contributed by atoms with Gasteiger partial charge in [0, 0.05) is 5.41 Å². The molecule has 248 valence electrons. The van der Waals surface area contributed by atoms with Crippen molar-refractivity contribution < 1.29 is 0 Å². The maximum atomic E-state index is 2.42. The predicted octanol–water partition coefficient (Wildman–Crippen LogP) is 14.8. The first kappa shape index (κ1) is 30.2. The molecule has 0 heteroatoms. The summed E-state index contributed by atoms with van der Waals surface area (Å²) in [6, 6.07) is 67.7. The van der Waals surface area contributed by atoms with Crippen molar-refractivity contribution in [1.29, 1.82) is 0 Å². The van der Waals surface area contributed by atoms with Crippen LogP contribution in [0.15, 0.2) is 182 Å². The Balaban J connectivity index is 1.23. The lowest BCUT2D eigenvalue weighted by Crippen LogP contribution is -2.15. The third kappa shape index (κ3) is 4.24. The third-order valence-corrected chi connectivity index (χ3v) is 12.0. The van der Waals surface area contributed by atoms with Crippen LogP contribution in [0.5, 0.6) is 0 Å². The van der Waals surface area contributed by atoms with Crippen LogP contribution in [-0.4, -0.2) is 0 Å². The van der Waals surface area contributed by atoms with Crippen LogP contribution in [0.2, 0.25) is 0 Å². The number of hydrogen-bond donors (Lipinski definition) is 0. The summed E-state index contributed by atoms with van der Waals surface area (Å²) in [7, 11) is 0. The summed E-state index contributed by atoms with van der Waals surface area (Å²) in [5, 5.41) is 13.0. The minimum atomic E-state index is -0.169. The molecule has 0 N–H and O–H groups in total. The van der Waals surface area contributed by atoms with Gasteiger partial charge in [0.05, 0.1) is 0 Å². The summed E-state index contributed by atoms with van der Waals surface area (Å²) in [5.41, 5.74) is 13.0. The molecule has 0 radical (unpaired) electrons. The van der Waals surface area contributed by atoms with Gasteiger partial charge in [-0.1, -0.05) is 190 Å². The molecule has 0 unspecified atom stereocenters. The van der Waals surface area contributed by atoms with E-state index in [-0.39, 0.29) is 5.41 Å². The van der Waals surface area contributed by atoms with Gasteiger partial charge in [0.2, 0.25) is 0 Å². The molecular weight excluding hydrogens is 637 g/mol. The van der Waals surface area contributed by atoms with Crippen molar-refractivity contribution in [3.8, 4) is 44.5 Å². The Hall–Kier alpha value is -6.50. The normalized spacial score (nSPS) is 13.2. The van der Waals surface area contributed by atoms with Gasteiger partial charge in [0.15, 0.2) is 0 Å². The largest absolute Gasteiger partial charge is 0.0616 e. The van der Waals surface area contributed by atoms with Crippen molar-refractivity contribution in [3.05, 3.63) is 193 Å². The quantitative estimate of drug-likeness (QED) is 0.129. The van der Waals surface area contributed by atoms with E-state index in [1.54, 1.807) is 0 Å². The fourth-order valence-electron chi connectivity index (χ4n) is 9.78. The fourth-order valence-corrected chi connectivity index (χ4v) is 9.78. The monoisotopic (exact) mass is 672 g/mol. The second-order valence-electron chi connectivity index (χ2n) is 15.1. The zero-order valence-corrected chi connectivity index (χ0v) is 29.8. The molecule has 10 aromatic carbocycles. The lowest BCUT2D eigenvalue weighted by molar-refractivity contribution is 0.666. The smallest absolute Gasteiger partial charge is 0.0165 e. The molecule has 0 aromatic heterocycles. The molecule has 53 heavy (non-hydrogen) atoms. The Labute approximate surface area is 309 Å². The first-order valence-electron chi connectivity index (χ1n) is 18.7. The second kappa shape index (κ2) is 11.2. The molecule has 0 saturated carbocycles. The van der Waals surface area contributed by atoms with E-state index in [9.17, 15) is 0 Å². The van der Waals surface area contributed by atoms with Crippen LogP contribution in [0.25, 0.3) is 98.4 Å². The first-order chi connectivity index (χ1) is 26.1.